The highest BCUT2D eigenvalue weighted by Crippen LogP contribution is 2.31. The van der Waals surface area contributed by atoms with Crippen LogP contribution in [-0.4, -0.2) is 17.3 Å². The third-order valence-electron chi connectivity index (χ3n) is 4.86. The summed E-state index contributed by atoms with van der Waals surface area (Å²) in [5.41, 5.74) is 0.735. The van der Waals surface area contributed by atoms with Crippen molar-refractivity contribution in [3.8, 4) is 5.75 Å². The fourth-order valence-corrected chi connectivity index (χ4v) is 3.67. The Balaban J connectivity index is 1.74. The van der Waals surface area contributed by atoms with Crippen molar-refractivity contribution in [2.24, 2.45) is 11.1 Å². The first-order valence-electron chi connectivity index (χ1n) is 8.88. The van der Waals surface area contributed by atoms with Crippen LogP contribution in [0.2, 0.25) is 0 Å². The van der Waals surface area contributed by atoms with Gasteiger partial charge in [0, 0.05) is 23.2 Å². The van der Waals surface area contributed by atoms with E-state index in [9.17, 15) is 4.79 Å². The first-order chi connectivity index (χ1) is 12.3. The number of nitrogens with zero attached hydrogens (tertiary/aromatic N) is 1. The van der Waals surface area contributed by atoms with Gasteiger partial charge >= 0.3 is 0 Å². The van der Waals surface area contributed by atoms with Gasteiger partial charge in [-0.2, -0.15) is 0 Å². The van der Waals surface area contributed by atoms with Crippen molar-refractivity contribution in [3.05, 3.63) is 40.7 Å². The van der Waals surface area contributed by atoms with Crippen molar-refractivity contribution in [2.75, 3.05) is 0 Å². The number of rotatable bonds is 7. The molecule has 0 aliphatic heterocycles. The fourth-order valence-electron chi connectivity index (χ4n) is 3.60. The Morgan fingerprint density at radius 2 is 2.08 bits per heavy atom. The average Bonchev–Trinajstić information content (AvgIpc) is 2.65. The molecule has 1 fully saturated rings. The maximum Gasteiger partial charge on any atom is 0.248 e. The number of nitrogens with one attached hydrogen (secondary N) is 1. The lowest BCUT2D eigenvalue weighted by molar-refractivity contribution is 0.102. The summed E-state index contributed by atoms with van der Waals surface area (Å²) in [6, 6.07) is 9.19. The second-order valence-corrected chi connectivity index (χ2v) is 6.74. The molecule has 5 nitrogen and oxygen atoms in total. The second-order valence-electron chi connectivity index (χ2n) is 6.57. The quantitative estimate of drug-likeness (QED) is 0.331. The molecule has 6 heteroatoms. The van der Waals surface area contributed by atoms with E-state index in [0.717, 1.165) is 29.5 Å². The van der Waals surface area contributed by atoms with Gasteiger partial charge in [-0.3, -0.25) is 4.79 Å². The molecule has 1 unspecified atom stereocenters. The monoisotopic (exact) mass is 360 g/mol. The zero-order chi connectivity index (χ0) is 17.5. The standard InChI is InChI=1S/C19H24N2O3S/c22-19-11-8-15-13-16(9-10-17(15)21-19)23-18(7-4-12-20-24-25)14-5-2-1-3-6-14/h8-14,18,25H,1-7H2,(H,21,22). The van der Waals surface area contributed by atoms with Crippen molar-refractivity contribution in [2.45, 2.75) is 51.0 Å². The zero-order valence-electron chi connectivity index (χ0n) is 14.2. The first kappa shape index (κ1) is 17.9. The SMILES string of the molecule is O=c1ccc2cc(OC(CCC=NOS)C3CCCCC3)ccc2[nH]1. The Bertz CT molecular complexity index is 769. The summed E-state index contributed by atoms with van der Waals surface area (Å²) in [4.78, 5) is 14.2. The summed E-state index contributed by atoms with van der Waals surface area (Å²) in [5, 5.41) is 4.67. The minimum absolute atomic E-state index is 0.0908. The highest BCUT2D eigenvalue weighted by Gasteiger charge is 2.25. The molecule has 1 aliphatic carbocycles. The molecule has 0 radical (unpaired) electrons. The molecule has 0 saturated heterocycles. The van der Waals surface area contributed by atoms with E-state index >= 15 is 0 Å². The van der Waals surface area contributed by atoms with Crippen LogP contribution in [0.4, 0.5) is 0 Å². The van der Waals surface area contributed by atoms with Gasteiger partial charge in [0.05, 0.1) is 12.9 Å². The van der Waals surface area contributed by atoms with Crippen LogP contribution in [0.3, 0.4) is 0 Å². The molecule has 1 saturated carbocycles. The van der Waals surface area contributed by atoms with Crippen LogP contribution in [0.1, 0.15) is 44.9 Å². The van der Waals surface area contributed by atoms with E-state index in [2.05, 4.69) is 27.3 Å². The van der Waals surface area contributed by atoms with Crippen molar-refractivity contribution < 1.29 is 9.02 Å². The normalized spacial score (nSPS) is 17.0. The van der Waals surface area contributed by atoms with Crippen molar-refractivity contribution in [1.82, 2.24) is 4.98 Å². The van der Waals surface area contributed by atoms with Crippen molar-refractivity contribution >= 4 is 30.0 Å². The van der Waals surface area contributed by atoms with E-state index in [1.165, 1.54) is 32.1 Å². The van der Waals surface area contributed by atoms with Gasteiger partial charge in [-0.15, -0.1) is 0 Å². The lowest BCUT2D eigenvalue weighted by atomic mass is 9.83. The zero-order valence-corrected chi connectivity index (χ0v) is 15.1. The number of hydrogen-bond acceptors (Lipinski definition) is 5. The van der Waals surface area contributed by atoms with Crippen LogP contribution in [0.25, 0.3) is 10.9 Å². The van der Waals surface area contributed by atoms with Crippen LogP contribution in [-0.2, 0) is 4.28 Å². The van der Waals surface area contributed by atoms with Gasteiger partial charge in [-0.25, -0.2) is 0 Å². The number of fused-ring (bicyclic) bond motifs is 1. The van der Waals surface area contributed by atoms with Crippen LogP contribution >= 0.6 is 12.9 Å². The Morgan fingerprint density at radius 1 is 1.24 bits per heavy atom. The summed E-state index contributed by atoms with van der Waals surface area (Å²) in [7, 11) is 0. The predicted octanol–water partition coefficient (Wildman–Crippen LogP) is 4.48. The molecule has 25 heavy (non-hydrogen) atoms. The number of benzene rings is 1. The van der Waals surface area contributed by atoms with Crippen LogP contribution in [0, 0.1) is 5.92 Å². The Morgan fingerprint density at radius 3 is 2.88 bits per heavy atom. The highest BCUT2D eigenvalue weighted by atomic mass is 32.1. The van der Waals surface area contributed by atoms with Gasteiger partial charge in [0.25, 0.3) is 0 Å². The molecule has 1 aromatic carbocycles. The third kappa shape index (κ3) is 5.01. The van der Waals surface area contributed by atoms with E-state index < -0.39 is 0 Å². The number of H-pyrrole nitrogens is 1. The van der Waals surface area contributed by atoms with Gasteiger partial charge in [0.15, 0.2) is 0 Å². The molecule has 3 rings (SSSR count). The van der Waals surface area contributed by atoms with Gasteiger partial charge in [-0.05, 0) is 55.9 Å². The predicted molar refractivity (Wildman–Crippen MR) is 103 cm³/mol. The molecule has 1 aromatic heterocycles. The van der Waals surface area contributed by atoms with Crippen LogP contribution in [0.5, 0.6) is 5.75 Å². The largest absolute Gasteiger partial charge is 0.490 e. The summed E-state index contributed by atoms with van der Waals surface area (Å²) >= 11 is 3.61. The number of hydrogen-bond donors (Lipinski definition) is 2. The summed E-state index contributed by atoms with van der Waals surface area (Å²) in [6.45, 7) is 0. The maximum atomic E-state index is 11.4. The molecule has 2 aromatic rings. The number of aromatic nitrogens is 1. The van der Waals surface area contributed by atoms with E-state index in [-0.39, 0.29) is 11.7 Å². The number of oxime groups is 1. The number of thiol groups is 1. The van der Waals surface area contributed by atoms with Crippen LogP contribution < -0.4 is 10.3 Å². The molecule has 1 aliphatic rings. The molecule has 134 valence electrons. The molecule has 0 bridgehead atoms. The van der Waals surface area contributed by atoms with E-state index in [1.807, 2.05) is 24.3 Å². The number of pyridine rings is 1. The van der Waals surface area contributed by atoms with E-state index in [1.54, 1.807) is 12.3 Å². The van der Waals surface area contributed by atoms with Gasteiger partial charge < -0.3 is 14.0 Å². The first-order valence-corrected chi connectivity index (χ1v) is 9.25. The topological polar surface area (TPSA) is 63.7 Å². The molecule has 1 heterocycles. The average molecular weight is 360 g/mol. The summed E-state index contributed by atoms with van der Waals surface area (Å²) < 4.78 is 10.8. The summed E-state index contributed by atoms with van der Waals surface area (Å²) in [5.74, 6) is 1.42. The summed E-state index contributed by atoms with van der Waals surface area (Å²) in [6.07, 6.45) is 9.88. The minimum Gasteiger partial charge on any atom is -0.490 e. The Labute approximate surface area is 153 Å². The fraction of sp³-hybridized carbons (Fsp3) is 0.474. The maximum absolute atomic E-state index is 11.4. The number of aromatic amines is 1. The Kier molecular flexibility index (Phi) is 6.39. The third-order valence-corrected chi connectivity index (χ3v) is 4.95. The van der Waals surface area contributed by atoms with Gasteiger partial charge in [-0.1, -0.05) is 24.4 Å². The number of ether oxygens (including phenoxy) is 1. The molecule has 0 amide bonds. The lowest BCUT2D eigenvalue weighted by Gasteiger charge is -2.30. The molecule has 0 spiro atoms. The molecular weight excluding hydrogens is 336 g/mol. The molecular formula is C19H24N2O3S. The van der Waals surface area contributed by atoms with Gasteiger partial charge in [0.1, 0.15) is 11.9 Å². The second kappa shape index (κ2) is 8.94. The highest BCUT2D eigenvalue weighted by molar-refractivity contribution is 7.75. The Hall–Kier alpha value is -1.95. The van der Waals surface area contributed by atoms with E-state index in [0.29, 0.717) is 5.92 Å². The molecule has 1 atom stereocenters. The van der Waals surface area contributed by atoms with Crippen molar-refractivity contribution in [1.29, 1.82) is 0 Å². The smallest absolute Gasteiger partial charge is 0.248 e. The van der Waals surface area contributed by atoms with Gasteiger partial charge in [0.2, 0.25) is 5.56 Å². The minimum atomic E-state index is -0.0908. The van der Waals surface area contributed by atoms with Crippen molar-refractivity contribution in [3.63, 3.8) is 0 Å². The lowest BCUT2D eigenvalue weighted by Crippen LogP contribution is -2.29. The molecule has 1 N–H and O–H groups in total. The van der Waals surface area contributed by atoms with Crippen LogP contribution in [0.15, 0.2) is 40.3 Å². The van der Waals surface area contributed by atoms with E-state index in [4.69, 9.17) is 4.74 Å².